The molecule has 1 saturated heterocycles. The van der Waals surface area contributed by atoms with Gasteiger partial charge in [-0.2, -0.15) is 0 Å². The molecule has 15 heavy (non-hydrogen) atoms. The lowest BCUT2D eigenvalue weighted by atomic mass is 10.3. The number of pyridine rings is 1. The maximum absolute atomic E-state index is 5.42. The summed E-state index contributed by atoms with van der Waals surface area (Å²) in [6.07, 6.45) is 1.80. The minimum Gasteiger partial charge on any atom is -0.378 e. The molecule has 1 atom stereocenters. The van der Waals surface area contributed by atoms with E-state index >= 15 is 0 Å². The number of thiazole rings is 1. The average Bonchev–Trinajstić information content (AvgIpc) is 2.74. The van der Waals surface area contributed by atoms with Crippen molar-refractivity contribution in [1.82, 2.24) is 15.3 Å². The van der Waals surface area contributed by atoms with Crippen molar-refractivity contribution in [2.75, 3.05) is 19.8 Å². The Morgan fingerprint density at radius 1 is 1.53 bits per heavy atom. The summed E-state index contributed by atoms with van der Waals surface area (Å²) < 4.78 is 5.42. The Morgan fingerprint density at radius 2 is 2.53 bits per heavy atom. The van der Waals surface area contributed by atoms with Gasteiger partial charge in [-0.3, -0.25) is 0 Å². The summed E-state index contributed by atoms with van der Waals surface area (Å²) >= 11 is 1.64. The largest absolute Gasteiger partial charge is 0.378 e. The van der Waals surface area contributed by atoms with Crippen molar-refractivity contribution in [3.05, 3.63) is 23.3 Å². The first-order valence-corrected chi connectivity index (χ1v) is 5.78. The Kier molecular flexibility index (Phi) is 2.36. The van der Waals surface area contributed by atoms with Gasteiger partial charge in [0.05, 0.1) is 19.3 Å². The number of hydrogen-bond donors (Lipinski definition) is 1. The van der Waals surface area contributed by atoms with E-state index in [1.807, 2.05) is 12.1 Å². The summed E-state index contributed by atoms with van der Waals surface area (Å²) in [4.78, 5) is 9.83. The van der Waals surface area contributed by atoms with Crippen LogP contribution in [0.5, 0.6) is 0 Å². The highest BCUT2D eigenvalue weighted by atomic mass is 32.1. The first kappa shape index (κ1) is 9.21. The van der Waals surface area contributed by atoms with Crippen LogP contribution >= 0.6 is 11.3 Å². The highest BCUT2D eigenvalue weighted by Gasteiger charge is 2.19. The molecule has 5 heteroatoms. The Bertz CT molecular complexity index is 431. The van der Waals surface area contributed by atoms with Gasteiger partial charge in [-0.15, -0.1) is 0 Å². The molecule has 2 aromatic heterocycles. The molecule has 0 amide bonds. The molecule has 2 aromatic rings. The Labute approximate surface area is 91.3 Å². The highest BCUT2D eigenvalue weighted by molar-refractivity contribution is 7.18. The number of morpholine rings is 1. The van der Waals surface area contributed by atoms with Crippen LogP contribution in [0.2, 0.25) is 0 Å². The molecular weight excluding hydrogens is 210 g/mol. The minimum absolute atomic E-state index is 0.234. The highest BCUT2D eigenvalue weighted by Crippen LogP contribution is 2.25. The number of fused-ring (bicyclic) bond motifs is 1. The average molecular weight is 221 g/mol. The first-order chi connectivity index (χ1) is 7.43. The molecule has 3 heterocycles. The van der Waals surface area contributed by atoms with Gasteiger partial charge in [-0.1, -0.05) is 11.3 Å². The van der Waals surface area contributed by atoms with Crippen LogP contribution in [-0.4, -0.2) is 29.7 Å². The second kappa shape index (κ2) is 3.84. The number of aromatic nitrogens is 2. The first-order valence-electron chi connectivity index (χ1n) is 4.96. The molecule has 0 saturated carbocycles. The van der Waals surface area contributed by atoms with E-state index in [1.165, 1.54) is 0 Å². The predicted octanol–water partition coefficient (Wildman–Crippen LogP) is 1.35. The van der Waals surface area contributed by atoms with Crippen molar-refractivity contribution in [3.8, 4) is 0 Å². The van der Waals surface area contributed by atoms with Gasteiger partial charge in [0.1, 0.15) is 15.4 Å². The third-order valence-electron chi connectivity index (χ3n) is 2.40. The fourth-order valence-corrected chi connectivity index (χ4v) is 2.63. The lowest BCUT2D eigenvalue weighted by molar-refractivity contribution is 0.0768. The molecular formula is C10H11N3OS. The molecule has 0 spiro atoms. The van der Waals surface area contributed by atoms with Gasteiger partial charge < -0.3 is 10.1 Å². The van der Waals surface area contributed by atoms with Crippen LogP contribution in [0.4, 0.5) is 0 Å². The van der Waals surface area contributed by atoms with Gasteiger partial charge in [0.25, 0.3) is 0 Å². The number of ether oxygens (including phenoxy) is 1. The van der Waals surface area contributed by atoms with Gasteiger partial charge in [0, 0.05) is 12.7 Å². The molecule has 0 radical (unpaired) electrons. The normalized spacial score (nSPS) is 22.0. The van der Waals surface area contributed by atoms with Crippen molar-refractivity contribution in [1.29, 1.82) is 0 Å². The van der Waals surface area contributed by atoms with E-state index in [4.69, 9.17) is 4.74 Å². The molecule has 1 N–H and O–H groups in total. The molecule has 4 nitrogen and oxygen atoms in total. The molecule has 1 aliphatic heterocycles. The summed E-state index contributed by atoms with van der Waals surface area (Å²) in [6, 6.07) is 4.14. The van der Waals surface area contributed by atoms with Gasteiger partial charge in [-0.05, 0) is 12.1 Å². The molecule has 0 aromatic carbocycles. The van der Waals surface area contributed by atoms with E-state index in [2.05, 4.69) is 15.3 Å². The smallest absolute Gasteiger partial charge is 0.143 e. The molecule has 3 rings (SSSR count). The van der Waals surface area contributed by atoms with Crippen LogP contribution < -0.4 is 5.32 Å². The van der Waals surface area contributed by atoms with Crippen LogP contribution in [0.15, 0.2) is 18.3 Å². The predicted molar refractivity (Wildman–Crippen MR) is 59.0 cm³/mol. The number of nitrogens with zero attached hydrogens (tertiary/aromatic N) is 2. The van der Waals surface area contributed by atoms with E-state index in [0.29, 0.717) is 6.61 Å². The number of rotatable bonds is 1. The minimum atomic E-state index is 0.234. The van der Waals surface area contributed by atoms with Gasteiger partial charge >= 0.3 is 0 Å². The Hall–Kier alpha value is -1.04. The molecule has 1 unspecified atom stereocenters. The second-order valence-electron chi connectivity index (χ2n) is 3.46. The van der Waals surface area contributed by atoms with Crippen LogP contribution in [0.25, 0.3) is 10.3 Å². The maximum Gasteiger partial charge on any atom is 0.143 e. The zero-order valence-corrected chi connectivity index (χ0v) is 8.96. The summed E-state index contributed by atoms with van der Waals surface area (Å²) in [6.45, 7) is 2.40. The SMILES string of the molecule is c1cnc2sc(C3COCCN3)nc2c1. The standard InChI is InChI=1S/C10H11N3OS/c1-2-7-9(12-3-1)15-10(13-7)8-6-14-5-4-11-8/h1-3,8,11H,4-6H2. The summed E-state index contributed by atoms with van der Waals surface area (Å²) in [5, 5.41) is 4.46. The fraction of sp³-hybridized carbons (Fsp3) is 0.400. The van der Waals surface area contributed by atoms with E-state index in [-0.39, 0.29) is 6.04 Å². The van der Waals surface area contributed by atoms with E-state index in [9.17, 15) is 0 Å². The van der Waals surface area contributed by atoms with Gasteiger partial charge in [0.15, 0.2) is 0 Å². The molecule has 1 aliphatic rings. The third kappa shape index (κ3) is 1.73. The van der Waals surface area contributed by atoms with E-state index < -0.39 is 0 Å². The fourth-order valence-electron chi connectivity index (χ4n) is 1.66. The summed E-state index contributed by atoms with van der Waals surface area (Å²) in [5.74, 6) is 0. The van der Waals surface area contributed by atoms with Crippen molar-refractivity contribution in [2.24, 2.45) is 0 Å². The van der Waals surface area contributed by atoms with Gasteiger partial charge in [-0.25, -0.2) is 9.97 Å². The van der Waals surface area contributed by atoms with Crippen LogP contribution in [0.3, 0.4) is 0 Å². The van der Waals surface area contributed by atoms with Crippen molar-refractivity contribution < 1.29 is 4.74 Å². The zero-order chi connectivity index (χ0) is 10.1. The molecule has 1 fully saturated rings. The number of nitrogens with one attached hydrogen (secondary N) is 1. The molecule has 0 aliphatic carbocycles. The second-order valence-corrected chi connectivity index (χ2v) is 4.47. The number of hydrogen-bond acceptors (Lipinski definition) is 5. The monoisotopic (exact) mass is 221 g/mol. The topological polar surface area (TPSA) is 47.0 Å². The van der Waals surface area contributed by atoms with Crippen LogP contribution in [0, 0.1) is 0 Å². The Balaban J connectivity index is 1.96. The lowest BCUT2D eigenvalue weighted by Crippen LogP contribution is -2.34. The van der Waals surface area contributed by atoms with Crippen molar-refractivity contribution in [3.63, 3.8) is 0 Å². The lowest BCUT2D eigenvalue weighted by Gasteiger charge is -2.21. The van der Waals surface area contributed by atoms with Crippen molar-refractivity contribution in [2.45, 2.75) is 6.04 Å². The molecule has 0 bridgehead atoms. The third-order valence-corrected chi connectivity index (χ3v) is 3.50. The summed E-state index contributed by atoms with van der Waals surface area (Å²) in [7, 11) is 0. The van der Waals surface area contributed by atoms with Crippen LogP contribution in [-0.2, 0) is 4.74 Å². The zero-order valence-electron chi connectivity index (χ0n) is 8.14. The van der Waals surface area contributed by atoms with Crippen molar-refractivity contribution >= 4 is 21.7 Å². The molecule has 78 valence electrons. The maximum atomic E-state index is 5.42. The van der Waals surface area contributed by atoms with E-state index in [0.717, 1.165) is 28.5 Å². The summed E-state index contributed by atoms with van der Waals surface area (Å²) in [5.41, 5.74) is 0.977. The van der Waals surface area contributed by atoms with Crippen LogP contribution in [0.1, 0.15) is 11.0 Å². The Morgan fingerprint density at radius 3 is 3.33 bits per heavy atom. The quantitative estimate of drug-likeness (QED) is 0.789. The van der Waals surface area contributed by atoms with E-state index in [1.54, 1.807) is 17.5 Å². The van der Waals surface area contributed by atoms with Gasteiger partial charge in [0.2, 0.25) is 0 Å².